The summed E-state index contributed by atoms with van der Waals surface area (Å²) in [6.45, 7) is -0.798. The zero-order chi connectivity index (χ0) is 35.0. The van der Waals surface area contributed by atoms with Gasteiger partial charge in [0.2, 0.25) is 0 Å². The number of nitrogens with zero attached hydrogens (tertiary/aromatic N) is 2. The minimum atomic E-state index is -3.53. The highest BCUT2D eigenvalue weighted by Crippen LogP contribution is 2.40. The molecular weight excluding hydrogens is 416 g/mol. The Balaban J connectivity index is 2.75. The number of hydrogen-bond acceptors (Lipinski definition) is 6. The number of methoxy groups -OCH3 is 4. The molecule has 6 nitrogen and oxygen atoms in total. The molecule has 0 aromatic heterocycles. The minimum absolute atomic E-state index is 0.0107. The van der Waals surface area contributed by atoms with E-state index in [9.17, 15) is 5.26 Å². The van der Waals surface area contributed by atoms with Gasteiger partial charge in [0.25, 0.3) is 0 Å². The van der Waals surface area contributed by atoms with E-state index in [4.69, 9.17) is 35.4 Å². The van der Waals surface area contributed by atoms with Crippen molar-refractivity contribution in [3.8, 4) is 29.1 Å². The predicted molar refractivity (Wildman–Crippen MR) is 132 cm³/mol. The molecule has 6 heteroatoms. The molecule has 0 fully saturated rings. The van der Waals surface area contributed by atoms with Crippen molar-refractivity contribution < 1.29 is 35.4 Å². The highest BCUT2D eigenvalue weighted by Gasteiger charge is 2.36. The largest absolute Gasteiger partial charge is 0.493 e. The van der Waals surface area contributed by atoms with Crippen LogP contribution in [0.15, 0.2) is 36.3 Å². The number of ether oxygens (including phenoxy) is 4. The molecule has 0 spiro atoms. The first-order valence-electron chi connectivity index (χ1n) is 16.2. The molecule has 0 aliphatic rings. The molecule has 0 N–H and O–H groups in total. The number of rotatable bonds is 13. The Kier molecular flexibility index (Phi) is 5.14. The Morgan fingerprint density at radius 1 is 0.970 bits per heavy atom. The maximum absolute atomic E-state index is 10.6. The first kappa shape index (κ1) is 13.7. The second-order valence-electron chi connectivity index (χ2n) is 7.34. The molecule has 1 unspecified atom stereocenters. The molecule has 2 rings (SSSR count). The molecule has 0 saturated heterocycles. The average molecular weight is 467 g/mol. The number of nitriles is 1. The van der Waals surface area contributed by atoms with Gasteiger partial charge in [-0.15, -0.1) is 0 Å². The summed E-state index contributed by atoms with van der Waals surface area (Å²) in [4.78, 5) is 0.834. The van der Waals surface area contributed by atoms with Crippen LogP contribution in [-0.4, -0.2) is 53.4 Å². The Hall–Kier alpha value is -2.91. The van der Waals surface area contributed by atoms with Gasteiger partial charge in [0.05, 0.1) is 48.1 Å². The Morgan fingerprint density at radius 3 is 2.09 bits per heavy atom. The van der Waals surface area contributed by atoms with E-state index in [1.54, 1.807) is 6.07 Å². The first-order chi connectivity index (χ1) is 20.7. The molecule has 33 heavy (non-hydrogen) atoms. The van der Waals surface area contributed by atoms with Gasteiger partial charge < -0.3 is 23.8 Å². The second kappa shape index (κ2) is 12.4. The molecule has 1 atom stereocenters. The van der Waals surface area contributed by atoms with Gasteiger partial charge in [-0.05, 0) is 73.9 Å². The minimum Gasteiger partial charge on any atom is -0.493 e. The van der Waals surface area contributed by atoms with E-state index in [1.165, 1.54) is 35.2 Å². The van der Waals surface area contributed by atoms with Gasteiger partial charge in [0.1, 0.15) is 0 Å². The predicted octanol–water partition coefficient (Wildman–Crippen LogP) is 5.09. The zero-order valence-electron chi connectivity index (χ0n) is 32.0. The molecule has 2 aromatic rings. The fourth-order valence-electron chi connectivity index (χ4n) is 2.95. The highest BCUT2D eigenvalue weighted by molar-refractivity contribution is 5.47. The maximum Gasteiger partial charge on any atom is 0.161 e. The summed E-state index contributed by atoms with van der Waals surface area (Å²) in [6, 6.07) is -1.32. The van der Waals surface area contributed by atoms with E-state index in [0.29, 0.717) is 0 Å². The third-order valence-electron chi connectivity index (χ3n) is 5.00. The topological polar surface area (TPSA) is 64.0 Å². The molecule has 2 aromatic carbocycles. The lowest BCUT2D eigenvalue weighted by Crippen LogP contribution is -2.32. The number of hydrogen-bond donors (Lipinski definition) is 0. The molecule has 0 heterocycles. The van der Waals surface area contributed by atoms with Crippen molar-refractivity contribution in [2.24, 2.45) is 5.92 Å². The van der Waals surface area contributed by atoms with Crippen molar-refractivity contribution >= 4 is 0 Å². The van der Waals surface area contributed by atoms with Crippen molar-refractivity contribution in [2.75, 3.05) is 48.5 Å². The average Bonchev–Trinajstić information content (AvgIpc) is 2.97. The highest BCUT2D eigenvalue weighted by atomic mass is 16.5. The number of likely N-dealkylation sites (N-methyl/N-ethyl adjacent to an activating group) is 1. The van der Waals surface area contributed by atoms with Crippen LogP contribution in [0.2, 0.25) is 0 Å². The van der Waals surface area contributed by atoms with Crippen molar-refractivity contribution in [1.82, 2.24) is 4.90 Å². The second-order valence-corrected chi connectivity index (χ2v) is 7.34. The summed E-state index contributed by atoms with van der Waals surface area (Å²) in [6.07, 6.45) is -7.23. The van der Waals surface area contributed by atoms with Gasteiger partial charge in [-0.1, -0.05) is 25.9 Å². The Labute approximate surface area is 215 Å². The summed E-state index contributed by atoms with van der Waals surface area (Å²) < 4.78 is 125. The van der Waals surface area contributed by atoms with E-state index in [-0.39, 0.29) is 59.7 Å². The number of benzene rings is 2. The van der Waals surface area contributed by atoms with Crippen LogP contribution in [0.3, 0.4) is 0 Å². The van der Waals surface area contributed by atoms with E-state index >= 15 is 0 Å². The molecule has 0 amide bonds. The summed E-state index contributed by atoms with van der Waals surface area (Å²) in [5, 5.41) is 10.6. The smallest absolute Gasteiger partial charge is 0.161 e. The van der Waals surface area contributed by atoms with Crippen molar-refractivity contribution in [2.45, 2.75) is 38.4 Å². The van der Waals surface area contributed by atoms with E-state index in [2.05, 4.69) is 0 Å². The van der Waals surface area contributed by atoms with Crippen LogP contribution in [0.25, 0.3) is 0 Å². The van der Waals surface area contributed by atoms with Gasteiger partial charge >= 0.3 is 0 Å². The quantitative estimate of drug-likeness (QED) is 0.410. The lowest BCUT2D eigenvalue weighted by Gasteiger charge is -2.32. The Morgan fingerprint density at radius 2 is 1.55 bits per heavy atom. The molecule has 0 bridgehead atoms. The van der Waals surface area contributed by atoms with Crippen LogP contribution in [0.1, 0.15) is 54.2 Å². The molecule has 0 saturated carbocycles. The zero-order valence-corrected chi connectivity index (χ0v) is 20.0. The standard InChI is InChI=1S/C27H38N2O4/c1-20(2)27(19-28,22-10-12-24(31-5)26(18-22)33-7)14-8-15-29(3)16-13-21-9-11-23(30-4)25(17-21)32-6/h9-12,17-18,20H,8,13-16H2,1-7H3/i8D2,9D,10D,11D,12D,14D2,15D2,17D,18D. The lowest BCUT2D eigenvalue weighted by atomic mass is 9.69. The summed E-state index contributed by atoms with van der Waals surface area (Å²) >= 11 is 0. The monoisotopic (exact) mass is 466 g/mol. The van der Waals surface area contributed by atoms with Gasteiger partial charge in [0, 0.05) is 14.8 Å². The fourth-order valence-corrected chi connectivity index (χ4v) is 2.95. The van der Waals surface area contributed by atoms with Gasteiger partial charge in [-0.3, -0.25) is 0 Å². The van der Waals surface area contributed by atoms with E-state index < -0.39 is 54.3 Å². The normalized spacial score (nSPS) is 19.4. The molecule has 0 radical (unpaired) electrons. The summed E-state index contributed by atoms with van der Waals surface area (Å²) in [7, 11) is 6.01. The van der Waals surface area contributed by atoms with Crippen LogP contribution in [-0.2, 0) is 11.8 Å². The van der Waals surface area contributed by atoms with E-state index in [0.717, 1.165) is 19.1 Å². The summed E-state index contributed by atoms with van der Waals surface area (Å²) in [5.74, 6) is -2.06. The van der Waals surface area contributed by atoms with Crippen LogP contribution in [0.4, 0.5) is 0 Å². The fraction of sp³-hybridized carbons (Fsp3) is 0.519. The van der Waals surface area contributed by atoms with Crippen molar-refractivity contribution in [3.63, 3.8) is 0 Å². The SMILES string of the molecule is [2H]c1c([2H])c(OC)c(OC)c([2H])c1CCN(C)C([2H])([2H])C([2H])([2H])C([2H])([2H])C(C#N)(c1c([2H])c([2H])c(OC)c(OC)c1[2H])C(C)C. The van der Waals surface area contributed by atoms with Gasteiger partial charge in [0.15, 0.2) is 23.0 Å². The van der Waals surface area contributed by atoms with Crippen LogP contribution in [0, 0.1) is 17.2 Å². The Bertz CT molecular complexity index is 1480. The molecule has 180 valence electrons. The summed E-state index contributed by atoms with van der Waals surface area (Å²) in [5.41, 5.74) is -3.36. The third-order valence-corrected chi connectivity index (χ3v) is 5.00. The molecular formula is C27H38N2O4. The molecule has 0 aliphatic heterocycles. The maximum atomic E-state index is 10.6. The van der Waals surface area contributed by atoms with Crippen molar-refractivity contribution in [3.05, 3.63) is 47.4 Å². The van der Waals surface area contributed by atoms with E-state index in [1.807, 2.05) is 0 Å². The van der Waals surface area contributed by atoms with Crippen LogP contribution >= 0.6 is 0 Å². The van der Waals surface area contributed by atoms with Crippen molar-refractivity contribution in [1.29, 1.82) is 5.26 Å². The lowest BCUT2D eigenvalue weighted by molar-refractivity contribution is 0.292. The first-order valence-corrected chi connectivity index (χ1v) is 10.2. The van der Waals surface area contributed by atoms with Gasteiger partial charge in [-0.25, -0.2) is 0 Å². The van der Waals surface area contributed by atoms with Gasteiger partial charge in [-0.2, -0.15) is 5.26 Å². The third kappa shape index (κ3) is 6.33. The van der Waals surface area contributed by atoms with Crippen LogP contribution < -0.4 is 18.9 Å². The van der Waals surface area contributed by atoms with Crippen LogP contribution in [0.5, 0.6) is 23.0 Å². The molecule has 0 aliphatic carbocycles.